The first-order valence-corrected chi connectivity index (χ1v) is 7.85. The molecule has 0 spiro atoms. The van der Waals surface area contributed by atoms with Crippen LogP contribution in [0.3, 0.4) is 0 Å². The number of fused-ring (bicyclic) bond motifs is 1. The summed E-state index contributed by atoms with van der Waals surface area (Å²) in [5, 5.41) is 3.35. The van der Waals surface area contributed by atoms with Crippen molar-refractivity contribution in [2.24, 2.45) is 7.05 Å². The van der Waals surface area contributed by atoms with E-state index in [0.717, 1.165) is 23.6 Å². The fourth-order valence-corrected chi connectivity index (χ4v) is 2.50. The maximum atomic E-state index is 12.6. The molecule has 0 saturated carbocycles. The molecular weight excluding hydrogens is 355 g/mol. The Balaban J connectivity index is 1.95. The normalized spacial score (nSPS) is 11.0. The number of alkyl halides is 3. The molecule has 1 N–H and O–H groups in total. The number of nitrogens with zero attached hydrogens (tertiary/aromatic N) is 2. The maximum absolute atomic E-state index is 12.6. The molecule has 2 heterocycles. The van der Waals surface area contributed by atoms with Gasteiger partial charge in [0.05, 0.1) is 23.0 Å². The molecule has 0 atom stereocenters. The van der Waals surface area contributed by atoms with Gasteiger partial charge in [-0.1, -0.05) is 18.4 Å². The van der Waals surface area contributed by atoms with Crippen molar-refractivity contribution in [2.75, 3.05) is 5.32 Å². The van der Waals surface area contributed by atoms with E-state index in [-0.39, 0.29) is 5.91 Å². The third kappa shape index (κ3) is 4.01. The van der Waals surface area contributed by atoms with Gasteiger partial charge >= 0.3 is 6.18 Å². The van der Waals surface area contributed by atoms with E-state index in [1.54, 1.807) is 23.9 Å². The van der Waals surface area contributed by atoms with E-state index in [2.05, 4.69) is 28.7 Å². The molecule has 0 radical (unpaired) electrons. The number of carbonyl (C=O) groups excluding carboxylic acids is 1. The van der Waals surface area contributed by atoms with Crippen molar-refractivity contribution in [1.82, 2.24) is 9.55 Å². The Morgan fingerprint density at radius 1 is 1.26 bits per heavy atom. The Bertz CT molecular complexity index is 1080. The average molecular weight is 369 g/mol. The highest BCUT2D eigenvalue weighted by Gasteiger charge is 2.29. The van der Waals surface area contributed by atoms with Crippen LogP contribution in [0.5, 0.6) is 0 Å². The second-order valence-corrected chi connectivity index (χ2v) is 5.77. The summed E-state index contributed by atoms with van der Waals surface area (Å²) in [6, 6.07) is 6.39. The van der Waals surface area contributed by atoms with E-state index in [9.17, 15) is 18.0 Å². The number of aryl methyl sites for hydroxylation is 1. The summed E-state index contributed by atoms with van der Waals surface area (Å²) in [4.78, 5) is 15.7. The fraction of sp³-hybridized carbons (Fsp3) is 0.100. The maximum Gasteiger partial charge on any atom is 0.416 e. The Kier molecular flexibility index (Phi) is 4.74. The van der Waals surface area contributed by atoms with Crippen LogP contribution in [0.2, 0.25) is 0 Å². The first-order valence-electron chi connectivity index (χ1n) is 7.85. The van der Waals surface area contributed by atoms with E-state index in [0.29, 0.717) is 22.5 Å². The molecule has 0 aliphatic rings. The fourth-order valence-electron chi connectivity index (χ4n) is 2.50. The van der Waals surface area contributed by atoms with E-state index in [1.807, 2.05) is 0 Å². The van der Waals surface area contributed by atoms with Gasteiger partial charge in [-0.25, -0.2) is 4.98 Å². The number of aromatic nitrogens is 2. The smallest absolute Gasteiger partial charge is 0.334 e. The minimum Gasteiger partial charge on any atom is -0.334 e. The third-order valence-electron chi connectivity index (χ3n) is 3.82. The zero-order valence-corrected chi connectivity index (χ0v) is 14.3. The molecule has 2 aromatic heterocycles. The lowest BCUT2D eigenvalue weighted by atomic mass is 10.1. The Labute approximate surface area is 153 Å². The van der Waals surface area contributed by atoms with Gasteiger partial charge in [-0.05, 0) is 36.4 Å². The predicted molar refractivity (Wildman–Crippen MR) is 97.0 cm³/mol. The number of halogens is 3. The highest BCUT2D eigenvalue weighted by molar-refractivity contribution is 6.00. The molecule has 3 rings (SSSR count). The number of hydrogen-bond acceptors (Lipinski definition) is 2. The highest BCUT2D eigenvalue weighted by Crippen LogP contribution is 2.29. The average Bonchev–Trinajstić information content (AvgIpc) is 2.95. The van der Waals surface area contributed by atoms with Gasteiger partial charge in [0.25, 0.3) is 0 Å². The van der Waals surface area contributed by atoms with E-state index >= 15 is 0 Å². The quantitative estimate of drug-likeness (QED) is 0.546. The Morgan fingerprint density at radius 2 is 1.96 bits per heavy atom. The van der Waals surface area contributed by atoms with Crippen molar-refractivity contribution in [2.45, 2.75) is 6.18 Å². The lowest BCUT2D eigenvalue weighted by Gasteiger charge is -2.05. The number of hydrogen-bond donors (Lipinski definition) is 1. The molecule has 27 heavy (non-hydrogen) atoms. The van der Waals surface area contributed by atoms with E-state index in [4.69, 9.17) is 0 Å². The van der Waals surface area contributed by atoms with Crippen LogP contribution < -0.4 is 5.32 Å². The second kappa shape index (κ2) is 7.00. The van der Waals surface area contributed by atoms with Crippen molar-refractivity contribution in [1.29, 1.82) is 0 Å². The molecule has 0 unspecified atom stereocenters. The number of nitrogens with one attached hydrogen (secondary N) is 1. The molecule has 0 aliphatic carbocycles. The van der Waals surface area contributed by atoms with Gasteiger partial charge in [0.1, 0.15) is 5.65 Å². The molecule has 7 heteroatoms. The lowest BCUT2D eigenvalue weighted by Crippen LogP contribution is -2.07. The molecule has 0 bridgehead atoms. The Morgan fingerprint density at radius 3 is 2.59 bits per heavy atom. The second-order valence-electron chi connectivity index (χ2n) is 5.77. The van der Waals surface area contributed by atoms with Crippen LogP contribution in [0.15, 0.2) is 55.4 Å². The molecule has 0 aliphatic heterocycles. The molecule has 3 aromatic rings. The van der Waals surface area contributed by atoms with Crippen molar-refractivity contribution in [3.63, 3.8) is 0 Å². The summed E-state index contributed by atoms with van der Waals surface area (Å²) < 4.78 is 39.6. The van der Waals surface area contributed by atoms with Crippen LogP contribution in [-0.4, -0.2) is 15.5 Å². The van der Waals surface area contributed by atoms with Gasteiger partial charge < -0.3 is 9.88 Å². The number of pyridine rings is 1. The molecule has 0 fully saturated rings. The molecule has 1 aromatic carbocycles. The predicted octanol–water partition coefficient (Wildman–Crippen LogP) is 4.12. The van der Waals surface area contributed by atoms with Gasteiger partial charge in [-0.15, -0.1) is 0 Å². The van der Waals surface area contributed by atoms with Crippen LogP contribution in [-0.2, 0) is 18.0 Å². The summed E-state index contributed by atoms with van der Waals surface area (Å²) in [6.07, 6.45) is 0.0741. The van der Waals surface area contributed by atoms with Crippen molar-refractivity contribution < 1.29 is 18.0 Å². The van der Waals surface area contributed by atoms with Crippen molar-refractivity contribution in [3.8, 4) is 11.8 Å². The van der Waals surface area contributed by atoms with Gasteiger partial charge in [0.2, 0.25) is 5.91 Å². The number of carbonyl (C=O) groups is 1. The summed E-state index contributed by atoms with van der Waals surface area (Å²) in [6.45, 7) is 3.40. The van der Waals surface area contributed by atoms with Crippen molar-refractivity contribution >= 4 is 22.6 Å². The largest absolute Gasteiger partial charge is 0.416 e. The third-order valence-corrected chi connectivity index (χ3v) is 3.82. The van der Waals surface area contributed by atoms with Crippen LogP contribution in [0.1, 0.15) is 16.7 Å². The Hall–Kier alpha value is -3.53. The summed E-state index contributed by atoms with van der Waals surface area (Å²) in [5.41, 5.74) is 1.56. The van der Waals surface area contributed by atoms with Crippen LogP contribution in [0.4, 0.5) is 18.9 Å². The van der Waals surface area contributed by atoms with Crippen molar-refractivity contribution in [3.05, 3.63) is 72.1 Å². The number of anilines is 1. The van der Waals surface area contributed by atoms with E-state index < -0.39 is 11.7 Å². The van der Waals surface area contributed by atoms with E-state index in [1.165, 1.54) is 18.3 Å². The SMILES string of the molecule is C=CC(=O)Nc1cnc2c(c1)c(C#Cc1ccc(C(F)(F)F)cc1)cn2C. The number of rotatable bonds is 2. The number of amides is 1. The zero-order chi connectivity index (χ0) is 19.6. The van der Waals surface area contributed by atoms with Crippen LogP contribution in [0.25, 0.3) is 11.0 Å². The zero-order valence-electron chi connectivity index (χ0n) is 14.3. The van der Waals surface area contributed by atoms with Crippen LogP contribution in [0, 0.1) is 11.8 Å². The number of benzene rings is 1. The first-order chi connectivity index (χ1) is 12.8. The summed E-state index contributed by atoms with van der Waals surface area (Å²) >= 11 is 0. The monoisotopic (exact) mass is 369 g/mol. The standard InChI is InChI=1S/C20H14F3N3O/c1-3-18(27)25-16-10-17-14(12-26(2)19(17)24-11-16)7-4-13-5-8-15(9-6-13)20(21,22)23/h3,5-6,8-12H,1H2,2H3,(H,25,27). The van der Waals surface area contributed by atoms with Gasteiger partial charge in [-0.3, -0.25) is 4.79 Å². The molecule has 0 saturated heterocycles. The summed E-state index contributed by atoms with van der Waals surface area (Å²) in [7, 11) is 1.81. The lowest BCUT2D eigenvalue weighted by molar-refractivity contribution is -0.137. The van der Waals surface area contributed by atoms with Crippen LogP contribution >= 0.6 is 0 Å². The molecule has 1 amide bonds. The minimum atomic E-state index is -4.38. The topological polar surface area (TPSA) is 46.9 Å². The first kappa shape index (κ1) is 18.3. The minimum absolute atomic E-state index is 0.357. The molecule has 4 nitrogen and oxygen atoms in total. The summed E-state index contributed by atoms with van der Waals surface area (Å²) in [5.74, 6) is 5.45. The highest BCUT2D eigenvalue weighted by atomic mass is 19.4. The van der Waals surface area contributed by atoms with Gasteiger partial charge in [0.15, 0.2) is 0 Å². The molecular formula is C20H14F3N3O. The molecule has 136 valence electrons. The van der Waals surface area contributed by atoms with Gasteiger partial charge in [0, 0.05) is 24.2 Å². The van der Waals surface area contributed by atoms with Gasteiger partial charge in [-0.2, -0.15) is 13.2 Å².